The van der Waals surface area contributed by atoms with Crippen molar-refractivity contribution in [3.05, 3.63) is 35.7 Å². The molecule has 0 atom stereocenters. The molecule has 1 fully saturated rings. The molecule has 3 N–H and O–H groups in total. The van der Waals surface area contributed by atoms with Gasteiger partial charge in [-0.05, 0) is 31.9 Å². The number of amides is 1. The number of nitrogens with zero attached hydrogens (tertiary/aromatic N) is 4. The standard InChI is InChI=1S/C17H22N6OS/c1-12-4-6-13(7-5-12)19-17-21-14(20-16(18)22-17)10-25-11-15(24)23-8-2-3-9-23/h4-7H,2-3,8-11H2,1H3,(H3,18,19,20,21,22). The number of thioether (sulfide) groups is 1. The summed E-state index contributed by atoms with van der Waals surface area (Å²) in [6.07, 6.45) is 2.21. The molecule has 2 heterocycles. The number of hydrogen-bond acceptors (Lipinski definition) is 7. The second-order valence-corrected chi connectivity index (χ2v) is 6.99. The van der Waals surface area contributed by atoms with Crippen LogP contribution in [0.25, 0.3) is 0 Å². The molecular weight excluding hydrogens is 336 g/mol. The minimum Gasteiger partial charge on any atom is -0.368 e. The van der Waals surface area contributed by atoms with Gasteiger partial charge < -0.3 is 16.0 Å². The number of aromatic nitrogens is 3. The lowest BCUT2D eigenvalue weighted by Gasteiger charge is -2.14. The molecule has 1 saturated heterocycles. The number of benzene rings is 1. The largest absolute Gasteiger partial charge is 0.368 e. The Morgan fingerprint density at radius 2 is 1.92 bits per heavy atom. The van der Waals surface area contributed by atoms with Crippen LogP contribution in [-0.4, -0.2) is 44.6 Å². The quantitative estimate of drug-likeness (QED) is 0.818. The normalized spacial score (nSPS) is 13.9. The van der Waals surface area contributed by atoms with Gasteiger partial charge in [0.2, 0.25) is 17.8 Å². The molecule has 25 heavy (non-hydrogen) atoms. The van der Waals surface area contributed by atoms with E-state index < -0.39 is 0 Å². The molecule has 1 amide bonds. The smallest absolute Gasteiger partial charge is 0.232 e. The average Bonchev–Trinajstić information content (AvgIpc) is 3.11. The molecule has 8 heteroatoms. The Labute approximate surface area is 151 Å². The van der Waals surface area contributed by atoms with Gasteiger partial charge in [0.15, 0.2) is 0 Å². The molecule has 132 valence electrons. The minimum atomic E-state index is 0.172. The number of anilines is 3. The van der Waals surface area contributed by atoms with Gasteiger partial charge in [-0.15, -0.1) is 11.8 Å². The summed E-state index contributed by atoms with van der Waals surface area (Å²) in [5, 5.41) is 3.13. The Morgan fingerprint density at radius 3 is 2.64 bits per heavy atom. The molecule has 7 nitrogen and oxygen atoms in total. The zero-order valence-corrected chi connectivity index (χ0v) is 15.1. The maximum absolute atomic E-state index is 12.1. The van der Waals surface area contributed by atoms with Crippen LogP contribution in [0, 0.1) is 6.92 Å². The van der Waals surface area contributed by atoms with E-state index in [0.29, 0.717) is 23.3 Å². The van der Waals surface area contributed by atoms with E-state index in [1.165, 1.54) is 17.3 Å². The van der Waals surface area contributed by atoms with Crippen LogP contribution in [0.15, 0.2) is 24.3 Å². The Balaban J connectivity index is 1.57. The molecule has 1 aliphatic heterocycles. The topological polar surface area (TPSA) is 97.0 Å². The van der Waals surface area contributed by atoms with Crippen molar-refractivity contribution < 1.29 is 4.79 Å². The number of aryl methyl sites for hydroxylation is 1. The van der Waals surface area contributed by atoms with Crippen LogP contribution in [0.5, 0.6) is 0 Å². The Bertz CT molecular complexity index is 730. The third-order valence-electron chi connectivity index (χ3n) is 3.92. The van der Waals surface area contributed by atoms with Crippen molar-refractivity contribution in [3.63, 3.8) is 0 Å². The number of nitrogens with two attached hydrogens (primary N) is 1. The van der Waals surface area contributed by atoms with Gasteiger partial charge in [-0.3, -0.25) is 4.79 Å². The zero-order valence-electron chi connectivity index (χ0n) is 14.2. The third-order valence-corrected chi connectivity index (χ3v) is 4.84. The maximum atomic E-state index is 12.1. The predicted molar refractivity (Wildman–Crippen MR) is 101 cm³/mol. The molecule has 0 spiro atoms. The van der Waals surface area contributed by atoms with E-state index in [2.05, 4.69) is 20.3 Å². The van der Waals surface area contributed by atoms with Crippen LogP contribution in [0.3, 0.4) is 0 Å². The van der Waals surface area contributed by atoms with Crippen molar-refractivity contribution in [2.45, 2.75) is 25.5 Å². The molecule has 0 radical (unpaired) electrons. The van der Waals surface area contributed by atoms with Crippen molar-refractivity contribution in [1.29, 1.82) is 0 Å². The number of nitrogens with one attached hydrogen (secondary N) is 1. The summed E-state index contributed by atoms with van der Waals surface area (Å²) in [6.45, 7) is 3.79. The van der Waals surface area contributed by atoms with Crippen molar-refractivity contribution in [3.8, 4) is 0 Å². The van der Waals surface area contributed by atoms with Crippen LogP contribution in [0.1, 0.15) is 24.2 Å². The van der Waals surface area contributed by atoms with Gasteiger partial charge in [0.1, 0.15) is 5.82 Å². The van der Waals surface area contributed by atoms with Gasteiger partial charge in [-0.1, -0.05) is 17.7 Å². The summed E-state index contributed by atoms with van der Waals surface area (Å²) in [6, 6.07) is 7.93. The second kappa shape index (κ2) is 8.15. The van der Waals surface area contributed by atoms with Crippen molar-refractivity contribution >= 4 is 35.3 Å². The summed E-state index contributed by atoms with van der Waals surface area (Å²) < 4.78 is 0. The fourth-order valence-corrected chi connectivity index (χ4v) is 3.38. The third kappa shape index (κ3) is 5.06. The van der Waals surface area contributed by atoms with E-state index in [1.54, 1.807) is 0 Å². The molecule has 0 bridgehead atoms. The summed E-state index contributed by atoms with van der Waals surface area (Å²) in [5.41, 5.74) is 7.85. The van der Waals surface area contributed by atoms with Crippen LogP contribution in [0.4, 0.5) is 17.6 Å². The molecule has 0 unspecified atom stereocenters. The summed E-state index contributed by atoms with van der Waals surface area (Å²) in [4.78, 5) is 26.6. The molecule has 2 aromatic rings. The van der Waals surface area contributed by atoms with E-state index in [4.69, 9.17) is 5.73 Å². The van der Waals surface area contributed by atoms with Gasteiger partial charge in [-0.2, -0.15) is 15.0 Å². The fraction of sp³-hybridized carbons (Fsp3) is 0.412. The second-order valence-electron chi connectivity index (χ2n) is 6.01. The lowest BCUT2D eigenvalue weighted by atomic mass is 10.2. The highest BCUT2D eigenvalue weighted by atomic mass is 32.2. The molecule has 0 aliphatic carbocycles. The summed E-state index contributed by atoms with van der Waals surface area (Å²) in [7, 11) is 0. The van der Waals surface area contributed by atoms with Gasteiger partial charge in [-0.25, -0.2) is 0 Å². The van der Waals surface area contributed by atoms with E-state index in [9.17, 15) is 4.79 Å². The minimum absolute atomic E-state index is 0.172. The van der Waals surface area contributed by atoms with Gasteiger partial charge >= 0.3 is 0 Å². The Morgan fingerprint density at radius 1 is 1.20 bits per heavy atom. The fourth-order valence-electron chi connectivity index (χ4n) is 2.61. The molecular formula is C17H22N6OS. The number of carbonyl (C=O) groups is 1. The lowest BCUT2D eigenvalue weighted by Crippen LogP contribution is -2.29. The van der Waals surface area contributed by atoms with Crippen LogP contribution >= 0.6 is 11.8 Å². The number of carbonyl (C=O) groups excluding carboxylic acids is 1. The molecule has 3 rings (SSSR count). The predicted octanol–water partition coefficient (Wildman–Crippen LogP) is 2.36. The van der Waals surface area contributed by atoms with Crippen molar-refractivity contribution in [1.82, 2.24) is 19.9 Å². The lowest BCUT2D eigenvalue weighted by molar-refractivity contribution is -0.127. The van der Waals surface area contributed by atoms with E-state index >= 15 is 0 Å². The molecule has 1 aromatic heterocycles. The monoisotopic (exact) mass is 358 g/mol. The first-order chi connectivity index (χ1) is 12.1. The summed E-state index contributed by atoms with van der Waals surface area (Å²) >= 11 is 1.50. The molecule has 0 saturated carbocycles. The highest BCUT2D eigenvalue weighted by Gasteiger charge is 2.17. The molecule has 1 aliphatic rings. The number of likely N-dealkylation sites (tertiary alicyclic amines) is 1. The van der Waals surface area contributed by atoms with Crippen molar-refractivity contribution in [2.24, 2.45) is 0 Å². The van der Waals surface area contributed by atoms with E-state index in [0.717, 1.165) is 31.6 Å². The average molecular weight is 358 g/mol. The van der Waals surface area contributed by atoms with Crippen LogP contribution in [0.2, 0.25) is 0 Å². The first-order valence-electron chi connectivity index (χ1n) is 8.30. The Kier molecular flexibility index (Phi) is 5.70. The molecule has 1 aromatic carbocycles. The van der Waals surface area contributed by atoms with E-state index in [-0.39, 0.29) is 11.9 Å². The van der Waals surface area contributed by atoms with Crippen LogP contribution < -0.4 is 11.1 Å². The first-order valence-corrected chi connectivity index (χ1v) is 9.45. The van der Waals surface area contributed by atoms with E-state index in [1.807, 2.05) is 36.1 Å². The Hall–Kier alpha value is -2.35. The highest BCUT2D eigenvalue weighted by Crippen LogP contribution is 2.17. The van der Waals surface area contributed by atoms with Gasteiger partial charge in [0, 0.05) is 18.8 Å². The van der Waals surface area contributed by atoms with Crippen LogP contribution in [-0.2, 0) is 10.5 Å². The highest BCUT2D eigenvalue weighted by molar-refractivity contribution is 7.99. The SMILES string of the molecule is Cc1ccc(Nc2nc(N)nc(CSCC(=O)N3CCCC3)n2)cc1. The number of rotatable bonds is 6. The maximum Gasteiger partial charge on any atom is 0.232 e. The van der Waals surface area contributed by atoms with Gasteiger partial charge in [0.25, 0.3) is 0 Å². The summed E-state index contributed by atoms with van der Waals surface area (Å²) in [5.74, 6) is 2.30. The first kappa shape index (κ1) is 17.5. The van der Waals surface area contributed by atoms with Crippen molar-refractivity contribution in [2.75, 3.05) is 29.9 Å². The zero-order chi connectivity index (χ0) is 17.6. The van der Waals surface area contributed by atoms with Gasteiger partial charge in [0.05, 0.1) is 11.5 Å². The number of nitrogen functional groups attached to an aromatic ring is 1. The number of hydrogen-bond donors (Lipinski definition) is 2.